The third-order valence-corrected chi connectivity index (χ3v) is 3.31. The smallest absolute Gasteiger partial charge is 0.360 e. The first-order valence-electron chi connectivity index (χ1n) is 5.28. The fraction of sp³-hybridized carbons (Fsp3) is 0.500. The molecule has 1 aliphatic rings. The average molecular weight is 341 g/mol. The zero-order chi connectivity index (χ0) is 14.4. The first-order chi connectivity index (χ1) is 8.77. The SMILES string of the molecule is COC1C(C(F)(F)F)=C(n2cc(Br)cn2)N(C)N1C. The van der Waals surface area contributed by atoms with E-state index in [9.17, 15) is 13.2 Å². The van der Waals surface area contributed by atoms with Crippen molar-refractivity contribution >= 4 is 21.8 Å². The van der Waals surface area contributed by atoms with Gasteiger partial charge in [-0.3, -0.25) is 5.01 Å². The summed E-state index contributed by atoms with van der Waals surface area (Å²) in [5.74, 6) is -0.0763. The second-order valence-corrected chi connectivity index (χ2v) is 4.94. The molecule has 1 aromatic heterocycles. The van der Waals surface area contributed by atoms with Crippen molar-refractivity contribution in [3.05, 3.63) is 22.4 Å². The molecule has 5 nitrogen and oxygen atoms in total. The predicted octanol–water partition coefficient (Wildman–Crippen LogP) is 2.14. The highest BCUT2D eigenvalue weighted by Gasteiger charge is 2.50. The molecule has 2 heterocycles. The van der Waals surface area contributed by atoms with Gasteiger partial charge >= 0.3 is 6.18 Å². The molecule has 0 aliphatic carbocycles. The van der Waals surface area contributed by atoms with Crippen LogP contribution in [0, 0.1) is 0 Å². The molecule has 0 saturated heterocycles. The van der Waals surface area contributed by atoms with E-state index in [1.807, 2.05) is 0 Å². The van der Waals surface area contributed by atoms with E-state index in [0.29, 0.717) is 4.47 Å². The fourth-order valence-electron chi connectivity index (χ4n) is 2.00. The molecule has 0 bridgehead atoms. The van der Waals surface area contributed by atoms with Gasteiger partial charge in [-0.1, -0.05) is 0 Å². The Kier molecular flexibility index (Phi) is 3.63. The topological polar surface area (TPSA) is 33.5 Å². The summed E-state index contributed by atoms with van der Waals surface area (Å²) in [6.07, 6.45) is -2.81. The third-order valence-electron chi connectivity index (χ3n) is 2.90. The normalized spacial score (nSPS) is 21.6. The number of aromatic nitrogens is 2. The highest BCUT2D eigenvalue weighted by atomic mass is 79.9. The lowest BCUT2D eigenvalue weighted by Gasteiger charge is -2.27. The zero-order valence-electron chi connectivity index (χ0n) is 10.4. The first-order valence-corrected chi connectivity index (χ1v) is 6.08. The number of halogens is 4. The van der Waals surface area contributed by atoms with Gasteiger partial charge in [-0.2, -0.15) is 23.3 Å². The Balaban J connectivity index is 2.61. The summed E-state index contributed by atoms with van der Waals surface area (Å²) in [5, 5.41) is 6.62. The van der Waals surface area contributed by atoms with Crippen LogP contribution in [0.3, 0.4) is 0 Å². The number of rotatable bonds is 2. The number of alkyl halides is 3. The number of hydrogen-bond donors (Lipinski definition) is 0. The average Bonchev–Trinajstić information content (AvgIpc) is 2.82. The van der Waals surface area contributed by atoms with E-state index < -0.39 is 18.0 Å². The van der Waals surface area contributed by atoms with E-state index >= 15 is 0 Å². The molecular formula is C10H12BrF3N4O. The number of methoxy groups -OCH3 is 1. The van der Waals surface area contributed by atoms with Crippen molar-refractivity contribution in [1.29, 1.82) is 0 Å². The quantitative estimate of drug-likeness (QED) is 0.826. The van der Waals surface area contributed by atoms with Gasteiger partial charge < -0.3 is 4.74 Å². The minimum atomic E-state index is -4.51. The molecule has 2 rings (SSSR count). The Morgan fingerprint density at radius 3 is 2.42 bits per heavy atom. The number of hydrazine groups is 1. The van der Waals surface area contributed by atoms with Gasteiger partial charge in [0.05, 0.1) is 10.7 Å². The maximum absolute atomic E-state index is 13.2. The lowest BCUT2D eigenvalue weighted by atomic mass is 10.2. The third kappa shape index (κ3) is 2.37. The predicted molar refractivity (Wildman–Crippen MR) is 65.5 cm³/mol. The minimum Gasteiger partial charge on any atom is -0.360 e. The van der Waals surface area contributed by atoms with Crippen LogP contribution in [-0.4, -0.2) is 53.4 Å². The van der Waals surface area contributed by atoms with Gasteiger partial charge in [0.15, 0.2) is 12.0 Å². The molecule has 0 saturated carbocycles. The fourth-order valence-corrected chi connectivity index (χ4v) is 2.29. The lowest BCUT2D eigenvalue weighted by molar-refractivity contribution is -0.130. The lowest BCUT2D eigenvalue weighted by Crippen LogP contribution is -2.39. The maximum atomic E-state index is 13.2. The monoisotopic (exact) mass is 340 g/mol. The van der Waals surface area contributed by atoms with Crippen LogP contribution in [-0.2, 0) is 4.74 Å². The van der Waals surface area contributed by atoms with Crippen LogP contribution in [0.5, 0.6) is 0 Å². The molecular weight excluding hydrogens is 329 g/mol. The van der Waals surface area contributed by atoms with E-state index in [2.05, 4.69) is 21.0 Å². The number of nitrogens with zero attached hydrogens (tertiary/aromatic N) is 4. The van der Waals surface area contributed by atoms with Crippen LogP contribution in [0.15, 0.2) is 22.4 Å². The van der Waals surface area contributed by atoms with Gasteiger partial charge in [0.2, 0.25) is 0 Å². The second kappa shape index (κ2) is 4.80. The van der Waals surface area contributed by atoms with Crippen LogP contribution in [0.25, 0.3) is 5.82 Å². The van der Waals surface area contributed by atoms with Crippen LogP contribution >= 0.6 is 15.9 Å². The van der Waals surface area contributed by atoms with E-state index in [0.717, 1.165) is 0 Å². The van der Waals surface area contributed by atoms with Gasteiger partial charge in [0.1, 0.15) is 5.57 Å². The van der Waals surface area contributed by atoms with Gasteiger partial charge in [0, 0.05) is 27.4 Å². The summed E-state index contributed by atoms with van der Waals surface area (Å²) >= 11 is 3.17. The molecule has 0 amide bonds. The van der Waals surface area contributed by atoms with Crippen molar-refractivity contribution < 1.29 is 17.9 Å². The highest BCUT2D eigenvalue weighted by Crippen LogP contribution is 2.40. The van der Waals surface area contributed by atoms with E-state index in [-0.39, 0.29) is 5.82 Å². The van der Waals surface area contributed by atoms with E-state index in [4.69, 9.17) is 4.74 Å². The molecule has 1 aliphatic heterocycles. The molecule has 19 heavy (non-hydrogen) atoms. The van der Waals surface area contributed by atoms with Crippen molar-refractivity contribution in [2.24, 2.45) is 0 Å². The number of likely N-dealkylation sites (N-methyl/N-ethyl adjacent to an activating group) is 1. The van der Waals surface area contributed by atoms with Gasteiger partial charge in [-0.15, -0.1) is 0 Å². The molecule has 1 unspecified atom stereocenters. The van der Waals surface area contributed by atoms with Gasteiger partial charge in [-0.25, -0.2) is 4.68 Å². The van der Waals surface area contributed by atoms with Crippen molar-refractivity contribution in [3.8, 4) is 0 Å². The van der Waals surface area contributed by atoms with Gasteiger partial charge in [0.25, 0.3) is 0 Å². The Labute approximate surface area is 116 Å². The number of hydrogen-bond acceptors (Lipinski definition) is 4. The summed E-state index contributed by atoms with van der Waals surface area (Å²) in [7, 11) is 4.28. The largest absolute Gasteiger partial charge is 0.420 e. The van der Waals surface area contributed by atoms with Crippen molar-refractivity contribution in [2.75, 3.05) is 21.2 Å². The Morgan fingerprint density at radius 1 is 1.37 bits per heavy atom. The summed E-state index contributed by atoms with van der Waals surface area (Å²) in [5.41, 5.74) is -0.782. The molecule has 0 spiro atoms. The summed E-state index contributed by atoms with van der Waals surface area (Å²) in [6, 6.07) is 0. The maximum Gasteiger partial charge on any atom is 0.420 e. The van der Waals surface area contributed by atoms with Crippen LogP contribution < -0.4 is 0 Å². The first kappa shape index (κ1) is 14.4. The minimum absolute atomic E-state index is 0.0763. The molecule has 0 radical (unpaired) electrons. The zero-order valence-corrected chi connectivity index (χ0v) is 12.0. The van der Waals surface area contributed by atoms with Crippen LogP contribution in [0.4, 0.5) is 13.2 Å². The summed E-state index contributed by atoms with van der Waals surface area (Å²) in [6.45, 7) is 0. The van der Waals surface area contributed by atoms with Crippen LogP contribution in [0.1, 0.15) is 0 Å². The van der Waals surface area contributed by atoms with E-state index in [1.54, 1.807) is 0 Å². The highest BCUT2D eigenvalue weighted by molar-refractivity contribution is 9.10. The molecule has 0 fully saturated rings. The molecule has 0 aromatic carbocycles. The Bertz CT molecular complexity index is 513. The number of ether oxygens (including phenoxy) is 1. The van der Waals surface area contributed by atoms with E-state index in [1.165, 1.54) is 48.3 Å². The molecule has 106 valence electrons. The molecule has 1 aromatic rings. The molecule has 9 heteroatoms. The van der Waals surface area contributed by atoms with Gasteiger partial charge in [-0.05, 0) is 15.9 Å². The molecule has 1 atom stereocenters. The molecule has 0 N–H and O–H groups in total. The van der Waals surface area contributed by atoms with Crippen molar-refractivity contribution in [2.45, 2.75) is 12.4 Å². The standard InChI is InChI=1S/C10H12BrF3N4O/c1-16-8(18-5-6(11)4-15-18)7(10(12,13)14)9(19-3)17(16)2/h4-5,9H,1-3H3. The summed E-state index contributed by atoms with van der Waals surface area (Å²) < 4.78 is 46.4. The second-order valence-electron chi connectivity index (χ2n) is 4.02. The summed E-state index contributed by atoms with van der Waals surface area (Å²) in [4.78, 5) is 0. The van der Waals surface area contributed by atoms with Crippen molar-refractivity contribution in [3.63, 3.8) is 0 Å². The van der Waals surface area contributed by atoms with Crippen molar-refractivity contribution in [1.82, 2.24) is 19.8 Å². The van der Waals surface area contributed by atoms with Crippen LogP contribution in [0.2, 0.25) is 0 Å². The Morgan fingerprint density at radius 2 is 2.00 bits per heavy atom. The Hall–Kier alpha value is -1.06.